The summed E-state index contributed by atoms with van der Waals surface area (Å²) < 4.78 is 13.1. The van der Waals surface area contributed by atoms with Gasteiger partial charge in [-0.05, 0) is 12.1 Å². The lowest BCUT2D eigenvalue weighted by Gasteiger charge is -2.01. The molecule has 0 N–H and O–H groups in total. The lowest BCUT2D eigenvalue weighted by Crippen LogP contribution is -2.01. The molecule has 0 heterocycles. The van der Waals surface area contributed by atoms with Crippen LogP contribution in [0.4, 0.5) is 4.39 Å². The lowest BCUT2D eigenvalue weighted by molar-refractivity contribution is -0.117. The van der Waals surface area contributed by atoms with Gasteiger partial charge in [-0.15, -0.1) is 4.99 Å². The molecule has 72 valence electrons. The van der Waals surface area contributed by atoms with Gasteiger partial charge < -0.3 is 0 Å². The van der Waals surface area contributed by atoms with Crippen LogP contribution < -0.4 is 0 Å². The topological polar surface area (TPSA) is 46.5 Å². The van der Waals surface area contributed by atoms with Crippen LogP contribution in [0.15, 0.2) is 23.2 Å². The minimum absolute atomic E-state index is 0.0400. The van der Waals surface area contributed by atoms with Gasteiger partial charge in [-0.2, -0.15) is 0 Å². The van der Waals surface area contributed by atoms with E-state index in [1.54, 1.807) is 0 Å². The predicted octanol–water partition coefficient (Wildman–Crippen LogP) is 1.88. The first kappa shape index (κ1) is 10.6. The van der Waals surface area contributed by atoms with Crippen molar-refractivity contribution in [3.8, 4) is 0 Å². The summed E-state index contributed by atoms with van der Waals surface area (Å²) in [5, 5.41) is 0.138. The minimum Gasteiger partial charge on any atom is -0.271 e. The molecule has 0 spiro atoms. The summed E-state index contributed by atoms with van der Waals surface area (Å²) in [5.41, 5.74) is 0.0400. The molecule has 0 atom stereocenters. The average Bonchev–Trinajstić information content (AvgIpc) is 2.12. The Labute approximate surface area is 84.2 Å². The Morgan fingerprint density at radius 3 is 2.86 bits per heavy atom. The van der Waals surface area contributed by atoms with Gasteiger partial charge in [0.05, 0.1) is 6.42 Å². The van der Waals surface area contributed by atoms with Crippen LogP contribution in [0.1, 0.15) is 5.56 Å². The van der Waals surface area contributed by atoms with E-state index in [2.05, 4.69) is 4.99 Å². The zero-order valence-electron chi connectivity index (χ0n) is 6.96. The second-order valence-electron chi connectivity index (χ2n) is 2.47. The number of isocyanates is 1. The fourth-order valence-corrected chi connectivity index (χ4v) is 1.17. The summed E-state index contributed by atoms with van der Waals surface area (Å²) in [5.74, 6) is -1.36. The third-order valence-electron chi connectivity index (χ3n) is 1.56. The van der Waals surface area contributed by atoms with E-state index in [-0.39, 0.29) is 17.0 Å². The Bertz CT molecular complexity index is 393. The van der Waals surface area contributed by atoms with Crippen LogP contribution in [0.5, 0.6) is 0 Å². The molecule has 0 aromatic heterocycles. The zero-order chi connectivity index (χ0) is 10.6. The van der Waals surface area contributed by atoms with Crippen molar-refractivity contribution in [3.05, 3.63) is 34.6 Å². The van der Waals surface area contributed by atoms with Gasteiger partial charge in [-0.25, -0.2) is 9.18 Å². The van der Waals surface area contributed by atoms with Gasteiger partial charge in [0.2, 0.25) is 6.08 Å². The number of benzene rings is 1. The highest BCUT2D eigenvalue weighted by atomic mass is 35.5. The van der Waals surface area contributed by atoms with Crippen LogP contribution >= 0.6 is 11.6 Å². The summed E-state index contributed by atoms with van der Waals surface area (Å²) in [6.07, 6.45) is 0.754. The monoisotopic (exact) mass is 213 g/mol. The number of rotatable bonds is 2. The van der Waals surface area contributed by atoms with E-state index in [4.69, 9.17) is 11.6 Å². The molecular formula is C9H5ClFNO2. The highest BCUT2D eigenvalue weighted by Crippen LogP contribution is 2.19. The number of halogens is 2. The van der Waals surface area contributed by atoms with E-state index in [0.29, 0.717) is 0 Å². The summed E-state index contributed by atoms with van der Waals surface area (Å²) in [6.45, 7) is 0. The number of carbonyl (C=O) groups excluding carboxylic acids is 2. The van der Waals surface area contributed by atoms with E-state index in [1.807, 2.05) is 0 Å². The van der Waals surface area contributed by atoms with Gasteiger partial charge in [0.15, 0.2) is 0 Å². The van der Waals surface area contributed by atoms with Crippen LogP contribution in [0.3, 0.4) is 0 Å². The van der Waals surface area contributed by atoms with E-state index in [9.17, 15) is 14.0 Å². The highest BCUT2D eigenvalue weighted by molar-refractivity contribution is 6.31. The second-order valence-corrected chi connectivity index (χ2v) is 2.88. The Balaban J connectivity index is 2.96. The van der Waals surface area contributed by atoms with Crippen LogP contribution in [0, 0.1) is 5.82 Å². The molecule has 3 nitrogen and oxygen atoms in total. The Morgan fingerprint density at radius 2 is 2.29 bits per heavy atom. The van der Waals surface area contributed by atoms with Crippen LogP contribution in [0.25, 0.3) is 0 Å². The van der Waals surface area contributed by atoms with E-state index in [0.717, 1.165) is 6.08 Å². The quantitative estimate of drug-likeness (QED) is 0.556. The maximum atomic E-state index is 13.1. The smallest absolute Gasteiger partial charge is 0.261 e. The van der Waals surface area contributed by atoms with Crippen molar-refractivity contribution in [1.82, 2.24) is 0 Å². The van der Waals surface area contributed by atoms with Gasteiger partial charge >= 0.3 is 0 Å². The Hall–Kier alpha value is -1.51. The molecule has 14 heavy (non-hydrogen) atoms. The van der Waals surface area contributed by atoms with E-state index in [1.165, 1.54) is 18.2 Å². The number of hydrogen-bond donors (Lipinski definition) is 0. The molecule has 1 aromatic carbocycles. The molecule has 0 aliphatic rings. The normalized spacial score (nSPS) is 9.29. The van der Waals surface area contributed by atoms with Gasteiger partial charge in [0.25, 0.3) is 5.91 Å². The first-order valence-corrected chi connectivity index (χ1v) is 4.06. The number of amides is 1. The zero-order valence-corrected chi connectivity index (χ0v) is 7.71. The molecule has 0 saturated heterocycles. The molecule has 1 rings (SSSR count). The van der Waals surface area contributed by atoms with Gasteiger partial charge in [0.1, 0.15) is 5.82 Å². The number of aliphatic imine (C=N–C) groups is 1. The molecule has 0 radical (unpaired) electrons. The number of hydrogen-bond acceptors (Lipinski definition) is 2. The molecule has 0 fully saturated rings. The first-order chi connectivity index (χ1) is 6.65. The van der Waals surface area contributed by atoms with Crippen LogP contribution in [-0.2, 0) is 16.0 Å². The molecule has 0 aliphatic carbocycles. The number of nitrogens with zero attached hydrogens (tertiary/aromatic N) is 1. The van der Waals surface area contributed by atoms with Crippen molar-refractivity contribution in [2.45, 2.75) is 6.42 Å². The fourth-order valence-electron chi connectivity index (χ4n) is 0.943. The van der Waals surface area contributed by atoms with Crippen LogP contribution in [-0.4, -0.2) is 12.0 Å². The molecular weight excluding hydrogens is 209 g/mol. The maximum Gasteiger partial charge on any atom is 0.261 e. The average molecular weight is 214 g/mol. The van der Waals surface area contributed by atoms with Crippen LogP contribution in [0.2, 0.25) is 5.02 Å². The SMILES string of the molecule is O=C=NC(=O)Cc1c(F)cccc1Cl. The van der Waals surface area contributed by atoms with Crippen molar-refractivity contribution in [2.75, 3.05) is 0 Å². The van der Waals surface area contributed by atoms with Gasteiger partial charge in [-0.3, -0.25) is 4.79 Å². The molecule has 1 aromatic rings. The summed E-state index contributed by atoms with van der Waals surface area (Å²) in [6, 6.07) is 4.06. The summed E-state index contributed by atoms with van der Waals surface area (Å²) in [7, 11) is 0. The highest BCUT2D eigenvalue weighted by Gasteiger charge is 2.10. The number of carbonyl (C=O) groups is 1. The predicted molar refractivity (Wildman–Crippen MR) is 48.2 cm³/mol. The molecule has 0 bridgehead atoms. The fraction of sp³-hybridized carbons (Fsp3) is 0.111. The molecule has 0 saturated carbocycles. The van der Waals surface area contributed by atoms with E-state index < -0.39 is 11.7 Å². The van der Waals surface area contributed by atoms with Crippen molar-refractivity contribution >= 4 is 23.6 Å². The Kier molecular flexibility index (Phi) is 3.51. The molecule has 5 heteroatoms. The maximum absolute atomic E-state index is 13.1. The lowest BCUT2D eigenvalue weighted by atomic mass is 10.1. The van der Waals surface area contributed by atoms with E-state index >= 15 is 0 Å². The van der Waals surface area contributed by atoms with Crippen molar-refractivity contribution in [2.24, 2.45) is 4.99 Å². The standard InChI is InChI=1S/C9H5ClFNO2/c10-7-2-1-3-8(11)6(7)4-9(14)12-5-13/h1-3H,4H2. The summed E-state index contributed by atoms with van der Waals surface area (Å²) in [4.78, 5) is 23.4. The minimum atomic E-state index is -0.771. The third kappa shape index (κ3) is 2.49. The Morgan fingerprint density at radius 1 is 1.57 bits per heavy atom. The molecule has 1 amide bonds. The second kappa shape index (κ2) is 4.65. The molecule has 0 unspecified atom stereocenters. The van der Waals surface area contributed by atoms with Crippen molar-refractivity contribution in [1.29, 1.82) is 0 Å². The molecule has 0 aliphatic heterocycles. The first-order valence-electron chi connectivity index (χ1n) is 3.68. The van der Waals surface area contributed by atoms with Gasteiger partial charge in [-0.1, -0.05) is 17.7 Å². The third-order valence-corrected chi connectivity index (χ3v) is 1.91. The van der Waals surface area contributed by atoms with Crippen molar-refractivity contribution in [3.63, 3.8) is 0 Å². The largest absolute Gasteiger partial charge is 0.271 e. The van der Waals surface area contributed by atoms with Gasteiger partial charge in [0, 0.05) is 10.6 Å². The summed E-state index contributed by atoms with van der Waals surface area (Å²) >= 11 is 5.64. The van der Waals surface area contributed by atoms with Crippen molar-refractivity contribution < 1.29 is 14.0 Å².